The third kappa shape index (κ3) is 8.16. The Morgan fingerprint density at radius 2 is 1.69 bits per heavy atom. The summed E-state index contributed by atoms with van der Waals surface area (Å²) in [4.78, 5) is 52.4. The van der Waals surface area contributed by atoms with Crippen LogP contribution >= 0.6 is 24.4 Å². The SMILES string of the molecule is CSCCC(N)C(=O)NC(CO)C(=O)NC(CS)C(=O)NC(Cc1c[nH]c2ccccc12)C(=O)O. The van der Waals surface area contributed by atoms with Crippen LogP contribution in [0.4, 0.5) is 0 Å². The average molecular weight is 526 g/mol. The highest BCUT2D eigenvalue weighted by Gasteiger charge is 2.30. The number of aliphatic hydroxyl groups excluding tert-OH is 1. The number of carbonyl (C=O) groups is 4. The van der Waals surface area contributed by atoms with Gasteiger partial charge in [0.25, 0.3) is 0 Å². The molecule has 1 aromatic heterocycles. The minimum Gasteiger partial charge on any atom is -0.480 e. The first-order valence-electron chi connectivity index (χ1n) is 10.9. The number of benzene rings is 1. The van der Waals surface area contributed by atoms with E-state index in [4.69, 9.17) is 5.73 Å². The summed E-state index contributed by atoms with van der Waals surface area (Å²) in [7, 11) is 0. The number of hydrogen-bond acceptors (Lipinski definition) is 8. The van der Waals surface area contributed by atoms with Gasteiger partial charge in [-0.15, -0.1) is 0 Å². The maximum absolute atomic E-state index is 12.8. The molecule has 35 heavy (non-hydrogen) atoms. The second kappa shape index (κ2) is 14.0. The minimum atomic E-state index is -1.33. The Labute approximate surface area is 212 Å². The summed E-state index contributed by atoms with van der Waals surface area (Å²) in [6.45, 7) is -0.716. The summed E-state index contributed by atoms with van der Waals surface area (Å²) in [5.41, 5.74) is 7.33. The maximum atomic E-state index is 12.8. The number of aliphatic hydroxyl groups is 1. The van der Waals surface area contributed by atoms with Crippen molar-refractivity contribution in [3.8, 4) is 0 Å². The number of aliphatic carboxylic acids is 1. The largest absolute Gasteiger partial charge is 0.480 e. The van der Waals surface area contributed by atoms with E-state index in [9.17, 15) is 29.4 Å². The normalized spacial score (nSPS) is 14.5. The lowest BCUT2D eigenvalue weighted by atomic mass is 10.0. The molecule has 4 atom stereocenters. The van der Waals surface area contributed by atoms with Crippen molar-refractivity contribution in [1.82, 2.24) is 20.9 Å². The quantitative estimate of drug-likeness (QED) is 0.148. The van der Waals surface area contributed by atoms with E-state index in [1.165, 1.54) is 11.8 Å². The number of thioether (sulfide) groups is 1. The summed E-state index contributed by atoms with van der Waals surface area (Å²) >= 11 is 5.60. The van der Waals surface area contributed by atoms with Crippen LogP contribution in [-0.2, 0) is 25.6 Å². The van der Waals surface area contributed by atoms with Crippen molar-refractivity contribution in [1.29, 1.82) is 0 Å². The van der Waals surface area contributed by atoms with Crippen molar-refractivity contribution in [2.24, 2.45) is 5.73 Å². The van der Waals surface area contributed by atoms with E-state index < -0.39 is 54.5 Å². The van der Waals surface area contributed by atoms with E-state index in [1.807, 2.05) is 30.5 Å². The van der Waals surface area contributed by atoms with Gasteiger partial charge in [0.2, 0.25) is 17.7 Å². The molecule has 1 aromatic carbocycles. The summed E-state index contributed by atoms with van der Waals surface area (Å²) in [6, 6.07) is 2.72. The van der Waals surface area contributed by atoms with Crippen LogP contribution in [0.25, 0.3) is 10.9 Å². The first kappa shape index (κ1) is 28.5. The molecular formula is C22H31N5O6S2. The fourth-order valence-electron chi connectivity index (χ4n) is 3.31. The lowest BCUT2D eigenvalue weighted by molar-refractivity contribution is -0.142. The number of carbonyl (C=O) groups excluding carboxylic acids is 3. The number of amides is 3. The van der Waals surface area contributed by atoms with Gasteiger partial charge in [-0.3, -0.25) is 14.4 Å². The number of aromatic amines is 1. The number of fused-ring (bicyclic) bond motifs is 1. The molecule has 3 amide bonds. The van der Waals surface area contributed by atoms with E-state index in [0.29, 0.717) is 17.7 Å². The number of hydrogen-bond donors (Lipinski definition) is 8. The second-order valence-corrected chi connectivity index (χ2v) is 9.19. The number of carboxylic acids is 1. The standard InChI is InChI=1S/C22H31N5O6S2/c1-35-7-6-14(23)19(29)26-17(10-28)20(30)27-18(11-34)21(31)25-16(22(32)33)8-12-9-24-15-5-3-2-4-13(12)15/h2-5,9,14,16-18,24,28,34H,6-8,10-11,23H2,1H3,(H,25,31)(H,26,29)(H,27,30)(H,32,33). The Bertz CT molecular complexity index is 1030. The Morgan fingerprint density at radius 3 is 2.31 bits per heavy atom. The molecule has 192 valence electrons. The van der Waals surface area contributed by atoms with E-state index in [0.717, 1.165) is 10.9 Å². The molecule has 0 aliphatic carbocycles. The summed E-state index contributed by atoms with van der Waals surface area (Å²) in [6.07, 6.45) is 3.96. The van der Waals surface area contributed by atoms with Crippen LogP contribution in [-0.4, -0.2) is 87.4 Å². The molecule has 0 saturated heterocycles. The lowest BCUT2D eigenvalue weighted by Crippen LogP contribution is -2.58. The molecule has 0 bridgehead atoms. The van der Waals surface area contributed by atoms with Crippen LogP contribution in [0.5, 0.6) is 0 Å². The van der Waals surface area contributed by atoms with Crippen LogP contribution in [0.15, 0.2) is 30.5 Å². The molecule has 0 fully saturated rings. The van der Waals surface area contributed by atoms with Crippen molar-refractivity contribution < 1.29 is 29.4 Å². The molecule has 4 unspecified atom stereocenters. The minimum absolute atomic E-state index is 0.0155. The van der Waals surface area contributed by atoms with Crippen molar-refractivity contribution >= 4 is 59.0 Å². The van der Waals surface area contributed by atoms with Gasteiger partial charge in [0.15, 0.2) is 0 Å². The van der Waals surface area contributed by atoms with Crippen molar-refractivity contribution in [2.45, 2.75) is 37.0 Å². The molecule has 0 aliphatic heterocycles. The molecule has 2 aromatic rings. The van der Waals surface area contributed by atoms with Crippen LogP contribution in [0.2, 0.25) is 0 Å². The topological polar surface area (TPSA) is 187 Å². The highest BCUT2D eigenvalue weighted by molar-refractivity contribution is 7.98. The van der Waals surface area contributed by atoms with Crippen LogP contribution in [0.1, 0.15) is 12.0 Å². The maximum Gasteiger partial charge on any atom is 0.326 e. The van der Waals surface area contributed by atoms with E-state index in [2.05, 4.69) is 33.6 Å². The number of rotatable bonds is 14. The smallest absolute Gasteiger partial charge is 0.326 e. The monoisotopic (exact) mass is 525 g/mol. The Morgan fingerprint density at radius 1 is 1.06 bits per heavy atom. The highest BCUT2D eigenvalue weighted by Crippen LogP contribution is 2.19. The number of thiol groups is 1. The van der Waals surface area contributed by atoms with Crippen LogP contribution in [0, 0.1) is 0 Å². The zero-order valence-electron chi connectivity index (χ0n) is 19.2. The summed E-state index contributed by atoms with van der Waals surface area (Å²) in [5, 5.41) is 27.2. The molecule has 0 radical (unpaired) electrons. The number of aromatic nitrogens is 1. The van der Waals surface area contributed by atoms with Crippen molar-refractivity contribution in [3.63, 3.8) is 0 Å². The van der Waals surface area contributed by atoms with Gasteiger partial charge >= 0.3 is 5.97 Å². The third-order valence-corrected chi connectivity index (χ3v) is 6.32. The number of carboxylic acid groups (broad SMARTS) is 1. The molecule has 11 nitrogen and oxygen atoms in total. The van der Waals surface area contributed by atoms with Gasteiger partial charge in [0.05, 0.1) is 12.6 Å². The number of H-pyrrole nitrogens is 1. The molecule has 13 heteroatoms. The fraction of sp³-hybridized carbons (Fsp3) is 0.455. The summed E-state index contributed by atoms with van der Waals surface area (Å²) < 4.78 is 0. The first-order chi connectivity index (χ1) is 16.7. The third-order valence-electron chi connectivity index (χ3n) is 5.31. The Balaban J connectivity index is 2.01. The van der Waals surface area contributed by atoms with Gasteiger partial charge in [-0.25, -0.2) is 4.79 Å². The number of nitrogens with one attached hydrogen (secondary N) is 4. The Kier molecular flexibility index (Phi) is 11.4. The van der Waals surface area contributed by atoms with Crippen molar-refractivity contribution in [2.75, 3.05) is 24.4 Å². The predicted molar refractivity (Wildman–Crippen MR) is 137 cm³/mol. The van der Waals surface area contributed by atoms with E-state index in [1.54, 1.807) is 6.20 Å². The lowest BCUT2D eigenvalue weighted by Gasteiger charge is -2.23. The van der Waals surface area contributed by atoms with Gasteiger partial charge in [0.1, 0.15) is 18.1 Å². The number of nitrogens with two attached hydrogens (primary N) is 1. The summed E-state index contributed by atoms with van der Waals surface area (Å²) in [5.74, 6) is -2.93. The van der Waals surface area contributed by atoms with Gasteiger partial charge in [-0.05, 0) is 30.1 Å². The van der Waals surface area contributed by atoms with Gasteiger partial charge in [0, 0.05) is 29.3 Å². The van der Waals surface area contributed by atoms with Crippen molar-refractivity contribution in [3.05, 3.63) is 36.0 Å². The van der Waals surface area contributed by atoms with E-state index in [-0.39, 0.29) is 12.2 Å². The molecule has 2 rings (SSSR count). The molecule has 1 heterocycles. The average Bonchev–Trinajstić information content (AvgIpc) is 3.26. The Hall–Kier alpha value is -2.74. The molecule has 0 saturated carbocycles. The van der Waals surface area contributed by atoms with Crippen LogP contribution < -0.4 is 21.7 Å². The van der Waals surface area contributed by atoms with Crippen LogP contribution in [0.3, 0.4) is 0 Å². The van der Waals surface area contributed by atoms with Gasteiger partial charge in [-0.1, -0.05) is 18.2 Å². The second-order valence-electron chi connectivity index (χ2n) is 7.84. The molecular weight excluding hydrogens is 494 g/mol. The molecule has 0 aliphatic rings. The predicted octanol–water partition coefficient (Wildman–Crippen LogP) is -0.748. The van der Waals surface area contributed by atoms with Gasteiger partial charge < -0.3 is 36.9 Å². The number of para-hydroxylation sites is 1. The fourth-order valence-corrected chi connectivity index (χ4v) is 4.05. The van der Waals surface area contributed by atoms with E-state index >= 15 is 0 Å². The zero-order valence-corrected chi connectivity index (χ0v) is 20.9. The first-order valence-corrected chi connectivity index (χ1v) is 12.9. The molecule has 8 N–H and O–H groups in total. The highest BCUT2D eigenvalue weighted by atomic mass is 32.2. The molecule has 0 spiro atoms. The zero-order chi connectivity index (χ0) is 26.0. The van der Waals surface area contributed by atoms with Gasteiger partial charge in [-0.2, -0.15) is 24.4 Å².